The summed E-state index contributed by atoms with van der Waals surface area (Å²) in [5.74, 6) is 0.00734. The van der Waals surface area contributed by atoms with Crippen molar-refractivity contribution in [1.29, 1.82) is 0 Å². The Morgan fingerprint density at radius 2 is 0.824 bits per heavy atom. The molecule has 2 amide bonds. The first-order valence-electron chi connectivity index (χ1n) is 11.5. The van der Waals surface area contributed by atoms with Crippen molar-refractivity contribution in [3.05, 3.63) is 120 Å². The SMILES string of the molecule is O=C(CCc1ccccc1)Nc1ccc(-c2ccc(NC(=O)CCc3ccccc3)cc2)cc1. The molecular weight excluding hydrogens is 420 g/mol. The van der Waals surface area contributed by atoms with Gasteiger partial charge in [-0.25, -0.2) is 0 Å². The predicted octanol–water partition coefficient (Wildman–Crippen LogP) is 6.50. The van der Waals surface area contributed by atoms with Crippen LogP contribution < -0.4 is 10.6 Å². The monoisotopic (exact) mass is 448 g/mol. The molecule has 0 unspecified atom stereocenters. The summed E-state index contributed by atoms with van der Waals surface area (Å²) in [6, 6.07) is 35.6. The summed E-state index contributed by atoms with van der Waals surface area (Å²) in [4.78, 5) is 24.5. The van der Waals surface area contributed by atoms with Crippen LogP contribution in [0.25, 0.3) is 11.1 Å². The lowest BCUT2D eigenvalue weighted by atomic mass is 10.0. The molecule has 0 aliphatic heterocycles. The molecule has 0 aromatic heterocycles. The van der Waals surface area contributed by atoms with Gasteiger partial charge in [0.25, 0.3) is 0 Å². The van der Waals surface area contributed by atoms with Crippen LogP contribution in [0.4, 0.5) is 11.4 Å². The number of carbonyl (C=O) groups is 2. The highest BCUT2D eigenvalue weighted by Gasteiger charge is 2.06. The number of benzene rings is 4. The van der Waals surface area contributed by atoms with E-state index in [9.17, 15) is 9.59 Å². The minimum absolute atomic E-state index is 0.00367. The molecule has 4 aromatic rings. The number of nitrogens with one attached hydrogen (secondary N) is 2. The third-order valence-electron chi connectivity index (χ3n) is 5.64. The zero-order chi connectivity index (χ0) is 23.6. The number of carbonyl (C=O) groups excluding carboxylic acids is 2. The van der Waals surface area contributed by atoms with E-state index in [0.717, 1.165) is 46.5 Å². The van der Waals surface area contributed by atoms with Crippen molar-refractivity contribution in [1.82, 2.24) is 0 Å². The van der Waals surface area contributed by atoms with E-state index in [1.807, 2.05) is 109 Å². The van der Waals surface area contributed by atoms with E-state index >= 15 is 0 Å². The summed E-state index contributed by atoms with van der Waals surface area (Å²) in [5.41, 5.74) is 5.97. The summed E-state index contributed by atoms with van der Waals surface area (Å²) >= 11 is 0. The molecule has 0 bridgehead atoms. The van der Waals surface area contributed by atoms with Crippen molar-refractivity contribution in [2.75, 3.05) is 10.6 Å². The van der Waals surface area contributed by atoms with Gasteiger partial charge < -0.3 is 10.6 Å². The standard InChI is InChI=1S/C30H28N2O2/c33-29(21-11-23-7-3-1-4-8-23)31-27-17-13-25(14-18-27)26-15-19-28(20-16-26)32-30(34)22-12-24-9-5-2-6-10-24/h1-10,13-20H,11-12,21-22H2,(H,31,33)(H,32,34). The Hall–Kier alpha value is -4.18. The summed E-state index contributed by atoms with van der Waals surface area (Å²) < 4.78 is 0. The van der Waals surface area contributed by atoms with Crippen molar-refractivity contribution in [2.45, 2.75) is 25.7 Å². The van der Waals surface area contributed by atoms with Crippen LogP contribution in [-0.4, -0.2) is 11.8 Å². The van der Waals surface area contributed by atoms with E-state index in [2.05, 4.69) is 10.6 Å². The van der Waals surface area contributed by atoms with Gasteiger partial charge in [-0.3, -0.25) is 9.59 Å². The zero-order valence-electron chi connectivity index (χ0n) is 19.0. The fourth-order valence-corrected chi connectivity index (χ4v) is 3.74. The van der Waals surface area contributed by atoms with Crippen molar-refractivity contribution >= 4 is 23.2 Å². The van der Waals surface area contributed by atoms with Gasteiger partial charge in [0.2, 0.25) is 11.8 Å². The van der Waals surface area contributed by atoms with Gasteiger partial charge in [0.15, 0.2) is 0 Å². The molecule has 34 heavy (non-hydrogen) atoms. The lowest BCUT2D eigenvalue weighted by molar-refractivity contribution is -0.117. The molecule has 4 rings (SSSR count). The Balaban J connectivity index is 1.26. The van der Waals surface area contributed by atoms with Crippen LogP contribution >= 0.6 is 0 Å². The Morgan fingerprint density at radius 3 is 1.18 bits per heavy atom. The Morgan fingerprint density at radius 1 is 0.471 bits per heavy atom. The Labute approximate surface area is 200 Å². The molecule has 0 saturated carbocycles. The highest BCUT2D eigenvalue weighted by Crippen LogP contribution is 2.23. The fourth-order valence-electron chi connectivity index (χ4n) is 3.74. The first kappa shape index (κ1) is 23.0. The molecule has 2 N–H and O–H groups in total. The molecule has 0 aliphatic carbocycles. The largest absolute Gasteiger partial charge is 0.326 e. The van der Waals surface area contributed by atoms with E-state index in [4.69, 9.17) is 0 Å². The quantitative estimate of drug-likeness (QED) is 0.307. The number of anilines is 2. The smallest absolute Gasteiger partial charge is 0.224 e. The average molecular weight is 449 g/mol. The normalized spacial score (nSPS) is 10.5. The number of amides is 2. The lowest BCUT2D eigenvalue weighted by Crippen LogP contribution is -2.12. The molecule has 0 saturated heterocycles. The van der Waals surface area contributed by atoms with Crippen LogP contribution in [0, 0.1) is 0 Å². The Kier molecular flexibility index (Phi) is 7.86. The second-order valence-corrected chi connectivity index (χ2v) is 8.22. The minimum Gasteiger partial charge on any atom is -0.326 e. The van der Waals surface area contributed by atoms with Crippen LogP contribution in [0.3, 0.4) is 0 Å². The molecule has 0 spiro atoms. The summed E-state index contributed by atoms with van der Waals surface area (Å²) in [5, 5.41) is 5.92. The highest BCUT2D eigenvalue weighted by molar-refractivity contribution is 5.92. The van der Waals surface area contributed by atoms with Crippen LogP contribution in [0.15, 0.2) is 109 Å². The van der Waals surface area contributed by atoms with Gasteiger partial charge in [0.1, 0.15) is 0 Å². The molecular formula is C30H28N2O2. The van der Waals surface area contributed by atoms with E-state index in [1.165, 1.54) is 0 Å². The molecule has 0 heterocycles. The fraction of sp³-hybridized carbons (Fsp3) is 0.133. The molecule has 0 aliphatic rings. The van der Waals surface area contributed by atoms with E-state index in [1.54, 1.807) is 0 Å². The zero-order valence-corrected chi connectivity index (χ0v) is 19.0. The van der Waals surface area contributed by atoms with E-state index in [-0.39, 0.29) is 11.8 Å². The van der Waals surface area contributed by atoms with Crippen LogP contribution in [0.2, 0.25) is 0 Å². The van der Waals surface area contributed by atoms with Gasteiger partial charge in [-0.05, 0) is 59.4 Å². The summed E-state index contributed by atoms with van der Waals surface area (Å²) in [7, 11) is 0. The highest BCUT2D eigenvalue weighted by atomic mass is 16.2. The number of aryl methyl sites for hydroxylation is 2. The van der Waals surface area contributed by atoms with Crippen LogP contribution in [0.5, 0.6) is 0 Å². The maximum absolute atomic E-state index is 12.2. The predicted molar refractivity (Wildman–Crippen MR) is 139 cm³/mol. The third-order valence-corrected chi connectivity index (χ3v) is 5.64. The van der Waals surface area contributed by atoms with Crippen molar-refractivity contribution in [3.63, 3.8) is 0 Å². The minimum atomic E-state index is 0.00367. The van der Waals surface area contributed by atoms with E-state index < -0.39 is 0 Å². The van der Waals surface area contributed by atoms with Crippen molar-refractivity contribution in [3.8, 4) is 11.1 Å². The third kappa shape index (κ3) is 6.91. The second-order valence-electron chi connectivity index (χ2n) is 8.22. The second kappa shape index (κ2) is 11.6. The van der Waals surface area contributed by atoms with Crippen molar-refractivity contribution < 1.29 is 9.59 Å². The average Bonchev–Trinajstić information content (AvgIpc) is 2.88. The molecule has 4 aromatic carbocycles. The first-order chi connectivity index (χ1) is 16.7. The van der Waals surface area contributed by atoms with Gasteiger partial charge in [-0.15, -0.1) is 0 Å². The molecule has 0 radical (unpaired) electrons. The molecule has 4 heteroatoms. The Bertz CT molecular complexity index is 1100. The molecule has 170 valence electrons. The number of rotatable bonds is 9. The van der Waals surface area contributed by atoms with Crippen LogP contribution in [-0.2, 0) is 22.4 Å². The maximum atomic E-state index is 12.2. The van der Waals surface area contributed by atoms with Gasteiger partial charge in [-0.2, -0.15) is 0 Å². The van der Waals surface area contributed by atoms with Gasteiger partial charge in [0.05, 0.1) is 0 Å². The van der Waals surface area contributed by atoms with Gasteiger partial charge >= 0.3 is 0 Å². The maximum Gasteiger partial charge on any atom is 0.224 e. The van der Waals surface area contributed by atoms with Gasteiger partial charge in [-0.1, -0.05) is 84.9 Å². The van der Waals surface area contributed by atoms with E-state index in [0.29, 0.717) is 12.8 Å². The number of hydrogen-bond acceptors (Lipinski definition) is 2. The molecule has 0 fully saturated rings. The molecule has 0 atom stereocenters. The van der Waals surface area contributed by atoms with Crippen molar-refractivity contribution in [2.24, 2.45) is 0 Å². The van der Waals surface area contributed by atoms with Gasteiger partial charge in [0, 0.05) is 24.2 Å². The molecule has 4 nitrogen and oxygen atoms in total. The topological polar surface area (TPSA) is 58.2 Å². The first-order valence-corrected chi connectivity index (χ1v) is 11.5. The summed E-state index contributed by atoms with van der Waals surface area (Å²) in [6.07, 6.45) is 2.34. The number of hydrogen-bond donors (Lipinski definition) is 2. The van der Waals surface area contributed by atoms with Crippen LogP contribution in [0.1, 0.15) is 24.0 Å². The lowest BCUT2D eigenvalue weighted by Gasteiger charge is -2.09. The summed E-state index contributed by atoms with van der Waals surface area (Å²) in [6.45, 7) is 0.